The molecule has 1 aliphatic rings. The maximum Gasteiger partial charge on any atom is 0.335 e. The maximum atomic E-state index is 11.1. The molecule has 4 rings (SSSR count). The van der Waals surface area contributed by atoms with E-state index in [-0.39, 0.29) is 17.6 Å². The molecular formula is C23H25N3O3. The fourth-order valence-corrected chi connectivity index (χ4v) is 3.71. The van der Waals surface area contributed by atoms with Crippen molar-refractivity contribution in [2.24, 2.45) is 5.41 Å². The quantitative estimate of drug-likeness (QED) is 0.387. The lowest BCUT2D eigenvalue weighted by Gasteiger charge is -2.22. The van der Waals surface area contributed by atoms with Gasteiger partial charge in [-0.25, -0.2) is 4.79 Å². The number of hydrogen-bond donors (Lipinski definition) is 4. The van der Waals surface area contributed by atoms with Crippen LogP contribution in [0.25, 0.3) is 22.5 Å². The number of aromatic carboxylic acids is 1. The Morgan fingerprint density at radius 3 is 2.66 bits per heavy atom. The number of benzene rings is 2. The number of nitrogens with one attached hydrogen (secondary N) is 2. The number of nitrogens with zero attached hydrogens (tertiary/aromatic N) is 1. The van der Waals surface area contributed by atoms with E-state index in [1.54, 1.807) is 24.3 Å². The van der Waals surface area contributed by atoms with Gasteiger partial charge in [0.05, 0.1) is 17.0 Å². The van der Waals surface area contributed by atoms with Crippen molar-refractivity contribution >= 4 is 5.97 Å². The van der Waals surface area contributed by atoms with Crippen LogP contribution in [0, 0.1) is 5.41 Å². The molecule has 6 heteroatoms. The van der Waals surface area contributed by atoms with Crippen LogP contribution in [-0.2, 0) is 13.0 Å². The number of rotatable bonds is 7. The van der Waals surface area contributed by atoms with Crippen molar-refractivity contribution in [1.29, 1.82) is 0 Å². The molecule has 6 nitrogen and oxygen atoms in total. The third-order valence-electron chi connectivity index (χ3n) is 5.44. The number of aromatic amines is 1. The van der Waals surface area contributed by atoms with Crippen LogP contribution in [0.1, 0.15) is 40.9 Å². The van der Waals surface area contributed by atoms with Crippen molar-refractivity contribution in [3.8, 4) is 22.5 Å². The monoisotopic (exact) mass is 391 g/mol. The fourth-order valence-electron chi connectivity index (χ4n) is 3.71. The number of H-pyrrole nitrogens is 1. The van der Waals surface area contributed by atoms with Gasteiger partial charge in [-0.1, -0.05) is 44.2 Å². The van der Waals surface area contributed by atoms with Gasteiger partial charge in [0.15, 0.2) is 0 Å². The molecule has 1 aromatic heterocycles. The number of aliphatic hydroxyl groups excluding tert-OH is 1. The number of hydrogen-bond acceptors (Lipinski definition) is 4. The summed E-state index contributed by atoms with van der Waals surface area (Å²) >= 11 is 0. The molecule has 1 aliphatic carbocycles. The Bertz CT molecular complexity index is 1050. The highest BCUT2D eigenvalue weighted by molar-refractivity contribution is 5.88. The van der Waals surface area contributed by atoms with Crippen LogP contribution in [0.15, 0.2) is 42.5 Å². The van der Waals surface area contributed by atoms with Crippen molar-refractivity contribution in [1.82, 2.24) is 15.5 Å². The summed E-state index contributed by atoms with van der Waals surface area (Å²) in [7, 11) is 0. The minimum Gasteiger partial charge on any atom is -0.478 e. The summed E-state index contributed by atoms with van der Waals surface area (Å²) in [5.74, 6) is -0.931. The Morgan fingerprint density at radius 2 is 1.97 bits per heavy atom. The summed E-state index contributed by atoms with van der Waals surface area (Å²) < 4.78 is 0. The van der Waals surface area contributed by atoms with Gasteiger partial charge in [0, 0.05) is 48.2 Å². The lowest BCUT2D eigenvalue weighted by molar-refractivity contribution is 0.0697. The second kappa shape index (κ2) is 7.46. The zero-order valence-electron chi connectivity index (χ0n) is 16.6. The summed E-state index contributed by atoms with van der Waals surface area (Å²) in [5.41, 5.74) is 7.75. The Morgan fingerprint density at radius 1 is 1.21 bits per heavy atom. The van der Waals surface area contributed by atoms with Crippen LogP contribution in [0.2, 0.25) is 0 Å². The number of carbonyl (C=O) groups is 1. The van der Waals surface area contributed by atoms with E-state index in [0.717, 1.165) is 42.0 Å². The first-order chi connectivity index (χ1) is 13.9. The van der Waals surface area contributed by atoms with E-state index in [4.69, 9.17) is 5.11 Å². The van der Waals surface area contributed by atoms with Crippen molar-refractivity contribution in [3.63, 3.8) is 0 Å². The SMILES string of the molecule is CC(C)(CO)CNCc1ccc2c(c1)Cc1c(-c3ccc(C(=O)O)cc3)n[nH]c1-2. The number of aliphatic hydroxyl groups is 1. The molecule has 0 spiro atoms. The van der Waals surface area contributed by atoms with Gasteiger partial charge in [-0.3, -0.25) is 5.10 Å². The second-order valence-corrected chi connectivity index (χ2v) is 8.40. The van der Waals surface area contributed by atoms with Gasteiger partial charge < -0.3 is 15.5 Å². The van der Waals surface area contributed by atoms with Gasteiger partial charge in [0.1, 0.15) is 0 Å². The van der Waals surface area contributed by atoms with Gasteiger partial charge in [-0.2, -0.15) is 5.10 Å². The third kappa shape index (κ3) is 3.81. The predicted molar refractivity (Wildman–Crippen MR) is 112 cm³/mol. The minimum atomic E-state index is -0.931. The van der Waals surface area contributed by atoms with Crippen LogP contribution in [0.4, 0.5) is 0 Å². The first-order valence-electron chi connectivity index (χ1n) is 9.73. The molecule has 1 heterocycles. The van der Waals surface area contributed by atoms with E-state index >= 15 is 0 Å². The van der Waals surface area contributed by atoms with Gasteiger partial charge in [0.2, 0.25) is 0 Å². The molecule has 0 bridgehead atoms. The van der Waals surface area contributed by atoms with Crippen LogP contribution in [0.5, 0.6) is 0 Å². The Labute approximate surface area is 169 Å². The topological polar surface area (TPSA) is 98.2 Å². The smallest absolute Gasteiger partial charge is 0.335 e. The number of carboxylic acids is 1. The summed E-state index contributed by atoms with van der Waals surface area (Å²) in [6.07, 6.45) is 0.799. The summed E-state index contributed by atoms with van der Waals surface area (Å²) in [5, 5.41) is 29.5. The Balaban J connectivity index is 1.52. The van der Waals surface area contributed by atoms with Crippen LogP contribution in [0.3, 0.4) is 0 Å². The molecule has 0 radical (unpaired) electrons. The average Bonchev–Trinajstić information content (AvgIpc) is 3.26. The molecular weight excluding hydrogens is 366 g/mol. The summed E-state index contributed by atoms with van der Waals surface area (Å²) in [6.45, 7) is 5.73. The van der Waals surface area contributed by atoms with Gasteiger partial charge >= 0.3 is 5.97 Å². The highest BCUT2D eigenvalue weighted by Crippen LogP contribution is 2.40. The Hall–Kier alpha value is -2.96. The molecule has 0 amide bonds. The first kappa shape index (κ1) is 19.4. The summed E-state index contributed by atoms with van der Waals surface area (Å²) in [4.78, 5) is 11.1. The fraction of sp³-hybridized carbons (Fsp3) is 0.304. The molecule has 150 valence electrons. The number of aromatic nitrogens is 2. The largest absolute Gasteiger partial charge is 0.478 e. The molecule has 3 aromatic rings. The molecule has 0 saturated heterocycles. The average molecular weight is 391 g/mol. The van der Waals surface area contributed by atoms with Gasteiger partial charge in [0.25, 0.3) is 0 Å². The van der Waals surface area contributed by atoms with E-state index < -0.39 is 5.97 Å². The standard InChI is InChI=1S/C23H25N3O3/c1-23(2,13-27)12-24-11-14-3-8-18-17(9-14)10-19-20(25-26-21(18)19)15-4-6-16(7-5-15)22(28)29/h3-9,24,27H,10-13H2,1-2H3,(H,25,26)(H,28,29). The Kier molecular flexibility index (Phi) is 4.98. The second-order valence-electron chi connectivity index (χ2n) is 8.40. The maximum absolute atomic E-state index is 11.1. The van der Waals surface area contributed by atoms with Crippen molar-refractivity contribution < 1.29 is 15.0 Å². The van der Waals surface area contributed by atoms with E-state index in [9.17, 15) is 9.90 Å². The zero-order valence-corrected chi connectivity index (χ0v) is 16.6. The van der Waals surface area contributed by atoms with E-state index in [1.807, 2.05) is 13.8 Å². The highest BCUT2D eigenvalue weighted by Gasteiger charge is 2.25. The zero-order chi connectivity index (χ0) is 20.6. The number of carboxylic acid groups (broad SMARTS) is 1. The lowest BCUT2D eigenvalue weighted by atomic mass is 9.95. The molecule has 0 atom stereocenters. The predicted octanol–water partition coefficient (Wildman–Crippen LogP) is 3.45. The minimum absolute atomic E-state index is 0.134. The normalized spacial score (nSPS) is 12.7. The highest BCUT2D eigenvalue weighted by atomic mass is 16.4. The molecule has 2 aromatic carbocycles. The van der Waals surface area contributed by atoms with Crippen molar-refractivity contribution in [2.45, 2.75) is 26.8 Å². The van der Waals surface area contributed by atoms with Crippen LogP contribution < -0.4 is 5.32 Å². The summed E-state index contributed by atoms with van der Waals surface area (Å²) in [6, 6.07) is 13.3. The number of fused-ring (bicyclic) bond motifs is 3. The molecule has 0 fully saturated rings. The van der Waals surface area contributed by atoms with Crippen molar-refractivity contribution in [2.75, 3.05) is 13.2 Å². The van der Waals surface area contributed by atoms with E-state index in [0.29, 0.717) is 0 Å². The molecule has 4 N–H and O–H groups in total. The third-order valence-corrected chi connectivity index (χ3v) is 5.44. The van der Waals surface area contributed by atoms with E-state index in [1.165, 1.54) is 16.7 Å². The van der Waals surface area contributed by atoms with Gasteiger partial charge in [-0.05, 0) is 23.3 Å². The molecule has 0 unspecified atom stereocenters. The molecule has 0 saturated carbocycles. The van der Waals surface area contributed by atoms with Crippen LogP contribution in [-0.4, -0.2) is 39.5 Å². The molecule has 0 aliphatic heterocycles. The first-order valence-corrected chi connectivity index (χ1v) is 9.73. The van der Waals surface area contributed by atoms with E-state index in [2.05, 4.69) is 33.7 Å². The lowest BCUT2D eigenvalue weighted by Crippen LogP contribution is -2.31. The van der Waals surface area contributed by atoms with Gasteiger partial charge in [-0.15, -0.1) is 0 Å². The van der Waals surface area contributed by atoms with Crippen molar-refractivity contribution in [3.05, 3.63) is 64.7 Å². The molecule has 29 heavy (non-hydrogen) atoms. The van der Waals surface area contributed by atoms with Crippen LogP contribution >= 0.6 is 0 Å².